The van der Waals surface area contributed by atoms with Gasteiger partial charge in [0.15, 0.2) is 0 Å². The lowest BCUT2D eigenvalue weighted by Crippen LogP contribution is -2.41. The molecular formula is C13H28N2O3S. The Morgan fingerprint density at radius 1 is 1.26 bits per heavy atom. The van der Waals surface area contributed by atoms with E-state index in [1.54, 1.807) is 6.92 Å². The average Bonchev–Trinajstić information content (AvgIpc) is 3.14. The number of hydrogen-bond donors (Lipinski definition) is 2. The SMILES string of the molecule is CC(C)NCC(C)S(=O)(=O)NCCCOCC1CC1. The Balaban J connectivity index is 2.07. The Labute approximate surface area is 117 Å². The first-order chi connectivity index (χ1) is 8.92. The lowest BCUT2D eigenvalue weighted by Gasteiger charge is -2.16. The van der Waals surface area contributed by atoms with Crippen LogP contribution in [-0.2, 0) is 14.8 Å². The van der Waals surface area contributed by atoms with Gasteiger partial charge >= 0.3 is 0 Å². The topological polar surface area (TPSA) is 67.4 Å². The van der Waals surface area contributed by atoms with E-state index in [1.807, 2.05) is 13.8 Å². The summed E-state index contributed by atoms with van der Waals surface area (Å²) in [4.78, 5) is 0. The molecule has 0 bridgehead atoms. The molecule has 1 unspecified atom stereocenters. The zero-order valence-corrected chi connectivity index (χ0v) is 13.1. The third-order valence-corrected chi connectivity index (χ3v) is 5.00. The van der Waals surface area contributed by atoms with E-state index in [9.17, 15) is 8.42 Å². The predicted octanol–water partition coefficient (Wildman–Crippen LogP) is 1.11. The molecule has 1 rings (SSSR count). The van der Waals surface area contributed by atoms with Gasteiger partial charge in [-0.1, -0.05) is 13.8 Å². The van der Waals surface area contributed by atoms with E-state index in [-0.39, 0.29) is 0 Å². The normalized spacial score (nSPS) is 17.9. The van der Waals surface area contributed by atoms with Gasteiger partial charge in [0.1, 0.15) is 0 Å². The van der Waals surface area contributed by atoms with Crippen LogP contribution in [0.3, 0.4) is 0 Å². The second kappa shape index (κ2) is 8.19. The molecule has 0 aromatic rings. The molecule has 1 aliphatic rings. The molecule has 6 heteroatoms. The van der Waals surface area contributed by atoms with Crippen molar-refractivity contribution in [1.82, 2.24) is 10.0 Å². The Hall–Kier alpha value is -0.170. The van der Waals surface area contributed by atoms with E-state index in [1.165, 1.54) is 12.8 Å². The van der Waals surface area contributed by atoms with Gasteiger partial charge in [-0.2, -0.15) is 0 Å². The van der Waals surface area contributed by atoms with Gasteiger partial charge in [0.2, 0.25) is 10.0 Å². The zero-order chi connectivity index (χ0) is 14.3. The summed E-state index contributed by atoms with van der Waals surface area (Å²) in [5, 5.41) is 2.72. The summed E-state index contributed by atoms with van der Waals surface area (Å²) < 4.78 is 31.9. The van der Waals surface area contributed by atoms with Gasteiger partial charge in [-0.25, -0.2) is 13.1 Å². The van der Waals surface area contributed by atoms with Crippen LogP contribution in [0.25, 0.3) is 0 Å². The minimum atomic E-state index is -3.22. The molecular weight excluding hydrogens is 264 g/mol. The number of nitrogens with one attached hydrogen (secondary N) is 2. The highest BCUT2D eigenvalue weighted by atomic mass is 32.2. The van der Waals surface area contributed by atoms with Gasteiger partial charge in [-0.15, -0.1) is 0 Å². The first-order valence-corrected chi connectivity index (χ1v) is 8.76. The van der Waals surface area contributed by atoms with Crippen LogP contribution in [0.1, 0.15) is 40.0 Å². The molecule has 0 aliphatic heterocycles. The quantitative estimate of drug-likeness (QED) is 0.560. The molecule has 2 N–H and O–H groups in total. The highest BCUT2D eigenvalue weighted by molar-refractivity contribution is 7.90. The van der Waals surface area contributed by atoms with Crippen molar-refractivity contribution in [2.24, 2.45) is 5.92 Å². The Bertz CT molecular complexity index is 340. The van der Waals surface area contributed by atoms with Gasteiger partial charge in [0.05, 0.1) is 5.25 Å². The van der Waals surface area contributed by atoms with Crippen LogP contribution in [0.15, 0.2) is 0 Å². The fraction of sp³-hybridized carbons (Fsp3) is 1.00. The number of rotatable bonds is 11. The molecule has 0 aromatic heterocycles. The summed E-state index contributed by atoms with van der Waals surface area (Å²) in [5.74, 6) is 0.763. The number of ether oxygens (including phenoxy) is 1. The minimum absolute atomic E-state index is 0.300. The maximum Gasteiger partial charge on any atom is 0.215 e. The molecule has 1 atom stereocenters. The molecule has 114 valence electrons. The number of sulfonamides is 1. The maximum absolute atomic E-state index is 11.9. The van der Waals surface area contributed by atoms with Crippen molar-refractivity contribution in [2.45, 2.75) is 51.3 Å². The van der Waals surface area contributed by atoms with Crippen molar-refractivity contribution >= 4 is 10.0 Å². The Morgan fingerprint density at radius 2 is 1.95 bits per heavy atom. The van der Waals surface area contributed by atoms with Gasteiger partial charge in [-0.3, -0.25) is 0 Å². The van der Waals surface area contributed by atoms with Crippen LogP contribution in [0.4, 0.5) is 0 Å². The summed E-state index contributed by atoms with van der Waals surface area (Å²) in [7, 11) is -3.22. The molecule has 0 heterocycles. The van der Waals surface area contributed by atoms with Crippen LogP contribution < -0.4 is 10.0 Å². The smallest absolute Gasteiger partial charge is 0.215 e. The summed E-state index contributed by atoms with van der Waals surface area (Å²) in [6.07, 6.45) is 3.30. The highest BCUT2D eigenvalue weighted by Gasteiger charge is 2.21. The van der Waals surface area contributed by atoms with E-state index in [2.05, 4.69) is 10.0 Å². The molecule has 0 saturated heterocycles. The lowest BCUT2D eigenvalue weighted by molar-refractivity contribution is 0.123. The van der Waals surface area contributed by atoms with Crippen molar-refractivity contribution in [3.63, 3.8) is 0 Å². The summed E-state index contributed by atoms with van der Waals surface area (Å²) in [5.41, 5.74) is 0. The molecule has 0 amide bonds. The van der Waals surface area contributed by atoms with E-state index in [0.717, 1.165) is 18.9 Å². The molecule has 0 radical (unpaired) electrons. The van der Waals surface area contributed by atoms with Crippen molar-refractivity contribution in [1.29, 1.82) is 0 Å². The number of hydrogen-bond acceptors (Lipinski definition) is 4. The van der Waals surface area contributed by atoms with E-state index < -0.39 is 15.3 Å². The first kappa shape index (κ1) is 16.9. The molecule has 5 nitrogen and oxygen atoms in total. The van der Waals surface area contributed by atoms with E-state index >= 15 is 0 Å². The fourth-order valence-electron chi connectivity index (χ4n) is 1.58. The van der Waals surface area contributed by atoms with E-state index in [4.69, 9.17) is 4.74 Å². The van der Waals surface area contributed by atoms with Crippen molar-refractivity contribution in [3.05, 3.63) is 0 Å². The highest BCUT2D eigenvalue weighted by Crippen LogP contribution is 2.28. The van der Waals surface area contributed by atoms with Crippen molar-refractivity contribution in [3.8, 4) is 0 Å². The molecule has 0 aromatic carbocycles. The molecule has 0 spiro atoms. The zero-order valence-electron chi connectivity index (χ0n) is 12.3. The van der Waals surface area contributed by atoms with Gasteiger partial charge in [0.25, 0.3) is 0 Å². The second-order valence-corrected chi connectivity index (χ2v) is 7.87. The molecule has 1 fully saturated rings. The van der Waals surface area contributed by atoms with Gasteiger partial charge in [-0.05, 0) is 32.1 Å². The third-order valence-electron chi connectivity index (χ3n) is 3.16. The van der Waals surface area contributed by atoms with Crippen LogP contribution >= 0.6 is 0 Å². The largest absolute Gasteiger partial charge is 0.381 e. The van der Waals surface area contributed by atoms with Crippen LogP contribution in [0.5, 0.6) is 0 Å². The predicted molar refractivity (Wildman–Crippen MR) is 77.7 cm³/mol. The van der Waals surface area contributed by atoms with E-state index in [0.29, 0.717) is 25.7 Å². The minimum Gasteiger partial charge on any atom is -0.381 e. The van der Waals surface area contributed by atoms with Crippen LogP contribution in [0, 0.1) is 5.92 Å². The van der Waals surface area contributed by atoms with Gasteiger partial charge < -0.3 is 10.1 Å². The Morgan fingerprint density at radius 3 is 2.53 bits per heavy atom. The summed E-state index contributed by atoms with van der Waals surface area (Å²) >= 11 is 0. The van der Waals surface area contributed by atoms with Crippen LogP contribution in [0.2, 0.25) is 0 Å². The fourth-order valence-corrected chi connectivity index (χ4v) is 2.61. The second-order valence-electron chi connectivity index (χ2n) is 5.68. The summed E-state index contributed by atoms with van der Waals surface area (Å²) in [6.45, 7) is 8.14. The van der Waals surface area contributed by atoms with Gasteiger partial charge in [0, 0.05) is 32.3 Å². The monoisotopic (exact) mass is 292 g/mol. The molecule has 19 heavy (non-hydrogen) atoms. The van der Waals surface area contributed by atoms with Crippen molar-refractivity contribution in [2.75, 3.05) is 26.3 Å². The Kier molecular flexibility index (Phi) is 7.28. The molecule has 1 aliphatic carbocycles. The molecule has 1 saturated carbocycles. The van der Waals surface area contributed by atoms with Crippen LogP contribution in [-0.4, -0.2) is 46.0 Å². The van der Waals surface area contributed by atoms with Crippen molar-refractivity contribution < 1.29 is 13.2 Å². The average molecular weight is 292 g/mol. The third kappa shape index (κ3) is 7.87. The first-order valence-electron chi connectivity index (χ1n) is 7.21. The standard InChI is InChI=1S/C13H28N2O3S/c1-11(2)14-9-12(3)19(16,17)15-7-4-8-18-10-13-5-6-13/h11-15H,4-10H2,1-3H3. The lowest BCUT2D eigenvalue weighted by atomic mass is 10.3. The summed E-state index contributed by atoms with van der Waals surface area (Å²) in [6, 6.07) is 0.300. The maximum atomic E-state index is 11.9.